The Kier molecular flexibility index (Phi) is 6.42. The fourth-order valence-electron chi connectivity index (χ4n) is 1.47. The van der Waals surface area contributed by atoms with Crippen LogP contribution in [-0.4, -0.2) is 30.4 Å². The highest BCUT2D eigenvalue weighted by Crippen LogP contribution is 2.11. The van der Waals surface area contributed by atoms with Crippen molar-refractivity contribution in [3.63, 3.8) is 0 Å². The highest BCUT2D eigenvalue weighted by atomic mass is 32.2. The van der Waals surface area contributed by atoms with Gasteiger partial charge in [0.15, 0.2) is 0 Å². The van der Waals surface area contributed by atoms with Crippen molar-refractivity contribution in [2.45, 2.75) is 13.8 Å². The number of thioether (sulfide) groups is 1. The fourth-order valence-corrected chi connectivity index (χ4v) is 1.80. The van der Waals surface area contributed by atoms with Crippen molar-refractivity contribution in [3.8, 4) is 0 Å². The zero-order valence-corrected chi connectivity index (χ0v) is 12.3. The summed E-state index contributed by atoms with van der Waals surface area (Å²) in [6, 6.07) is 6.96. The van der Waals surface area contributed by atoms with Crippen LogP contribution in [0.25, 0.3) is 0 Å². The molecule has 0 unspecified atom stereocenters. The number of carbonyl (C=O) groups is 2. The van der Waals surface area contributed by atoms with Gasteiger partial charge in [0.05, 0.1) is 5.75 Å². The van der Waals surface area contributed by atoms with E-state index in [1.54, 1.807) is 24.3 Å². The minimum atomic E-state index is -0.116. The first-order valence-electron chi connectivity index (χ1n) is 6.20. The number of nitrogens with one attached hydrogen (secondary N) is 2. The number of rotatable bonds is 6. The molecule has 0 fully saturated rings. The van der Waals surface area contributed by atoms with Crippen LogP contribution in [0.4, 0.5) is 5.69 Å². The molecular formula is C14H20N2O2S. The molecule has 0 aliphatic heterocycles. The largest absolute Gasteiger partial charge is 0.352 e. The molecule has 0 radical (unpaired) electrons. The number of anilines is 1. The smallest absolute Gasteiger partial charge is 0.251 e. The van der Waals surface area contributed by atoms with Crippen LogP contribution in [-0.2, 0) is 4.79 Å². The normalized spacial score (nSPS) is 10.3. The molecule has 1 aromatic rings. The maximum Gasteiger partial charge on any atom is 0.251 e. The van der Waals surface area contributed by atoms with E-state index in [0.29, 0.717) is 29.5 Å². The van der Waals surface area contributed by atoms with Crippen LogP contribution < -0.4 is 10.6 Å². The molecule has 19 heavy (non-hydrogen) atoms. The second-order valence-electron chi connectivity index (χ2n) is 4.67. The minimum Gasteiger partial charge on any atom is -0.352 e. The topological polar surface area (TPSA) is 58.2 Å². The first kappa shape index (κ1) is 15.6. The Labute approximate surface area is 118 Å². The van der Waals surface area contributed by atoms with Gasteiger partial charge in [0.1, 0.15) is 0 Å². The van der Waals surface area contributed by atoms with Gasteiger partial charge in [-0.25, -0.2) is 0 Å². The molecule has 2 amide bonds. The summed E-state index contributed by atoms with van der Waals surface area (Å²) in [4.78, 5) is 23.4. The summed E-state index contributed by atoms with van der Waals surface area (Å²) in [5.41, 5.74) is 1.21. The van der Waals surface area contributed by atoms with Gasteiger partial charge in [-0.15, -0.1) is 0 Å². The van der Waals surface area contributed by atoms with E-state index in [4.69, 9.17) is 0 Å². The van der Waals surface area contributed by atoms with Gasteiger partial charge in [0.2, 0.25) is 5.91 Å². The van der Waals surface area contributed by atoms with Crippen molar-refractivity contribution in [2.24, 2.45) is 5.92 Å². The van der Waals surface area contributed by atoms with E-state index in [0.717, 1.165) is 0 Å². The molecule has 5 heteroatoms. The zero-order valence-electron chi connectivity index (χ0n) is 11.5. The molecule has 4 nitrogen and oxygen atoms in total. The molecule has 0 spiro atoms. The Bertz CT molecular complexity index is 447. The van der Waals surface area contributed by atoms with Crippen molar-refractivity contribution in [1.82, 2.24) is 5.32 Å². The monoisotopic (exact) mass is 280 g/mol. The third-order valence-electron chi connectivity index (χ3n) is 2.35. The standard InChI is InChI=1S/C14H20N2O2S/c1-10(2)8-15-14(18)11-5-4-6-12(7-11)16-13(17)9-19-3/h4-7,10H,8-9H2,1-3H3,(H,15,18)(H,16,17). The molecule has 0 aromatic heterocycles. The summed E-state index contributed by atoms with van der Waals surface area (Å²) in [6.45, 7) is 4.72. The number of hydrogen-bond acceptors (Lipinski definition) is 3. The van der Waals surface area contributed by atoms with Crippen LogP contribution in [0.3, 0.4) is 0 Å². The molecule has 0 aliphatic carbocycles. The number of amides is 2. The Hall–Kier alpha value is -1.49. The molecule has 104 valence electrons. The van der Waals surface area contributed by atoms with Crippen molar-refractivity contribution >= 4 is 29.3 Å². The van der Waals surface area contributed by atoms with E-state index in [9.17, 15) is 9.59 Å². The third-order valence-corrected chi connectivity index (χ3v) is 2.91. The van der Waals surface area contributed by atoms with Crippen LogP contribution in [0.2, 0.25) is 0 Å². The Balaban J connectivity index is 2.66. The summed E-state index contributed by atoms with van der Waals surface area (Å²) in [6.07, 6.45) is 1.87. The number of benzene rings is 1. The van der Waals surface area contributed by atoms with Crippen LogP contribution in [0.1, 0.15) is 24.2 Å². The molecule has 1 rings (SSSR count). The summed E-state index contributed by atoms with van der Waals surface area (Å²) >= 11 is 1.46. The van der Waals surface area contributed by atoms with Crippen molar-refractivity contribution in [3.05, 3.63) is 29.8 Å². The second kappa shape index (κ2) is 7.84. The van der Waals surface area contributed by atoms with Gasteiger partial charge in [-0.3, -0.25) is 9.59 Å². The quantitative estimate of drug-likeness (QED) is 0.841. The molecule has 0 aliphatic rings. The molecule has 2 N–H and O–H groups in total. The summed E-state index contributed by atoms with van der Waals surface area (Å²) in [5.74, 6) is 0.638. The minimum absolute atomic E-state index is 0.0627. The van der Waals surface area contributed by atoms with E-state index in [1.165, 1.54) is 11.8 Å². The van der Waals surface area contributed by atoms with Gasteiger partial charge in [0.25, 0.3) is 5.91 Å². The maximum atomic E-state index is 11.9. The molecule has 0 saturated heterocycles. The lowest BCUT2D eigenvalue weighted by atomic mass is 10.1. The Morgan fingerprint density at radius 3 is 2.68 bits per heavy atom. The summed E-state index contributed by atoms with van der Waals surface area (Å²) in [5, 5.41) is 5.61. The van der Waals surface area contributed by atoms with Crippen molar-refractivity contribution in [2.75, 3.05) is 23.9 Å². The van der Waals surface area contributed by atoms with Crippen LogP contribution >= 0.6 is 11.8 Å². The summed E-state index contributed by atoms with van der Waals surface area (Å²) < 4.78 is 0. The van der Waals surface area contributed by atoms with E-state index in [1.807, 2.05) is 20.1 Å². The average molecular weight is 280 g/mol. The molecule has 0 saturated carbocycles. The SMILES string of the molecule is CSCC(=O)Nc1cccc(C(=O)NCC(C)C)c1. The molecule has 0 bridgehead atoms. The van der Waals surface area contributed by atoms with Gasteiger partial charge in [-0.05, 0) is 30.4 Å². The highest BCUT2D eigenvalue weighted by Gasteiger charge is 2.07. The molecule has 0 heterocycles. The summed E-state index contributed by atoms with van der Waals surface area (Å²) in [7, 11) is 0. The third kappa shape index (κ3) is 5.79. The molecular weight excluding hydrogens is 260 g/mol. The second-order valence-corrected chi connectivity index (χ2v) is 5.53. The Morgan fingerprint density at radius 1 is 1.32 bits per heavy atom. The van der Waals surface area contributed by atoms with Crippen LogP contribution in [0.15, 0.2) is 24.3 Å². The van der Waals surface area contributed by atoms with Gasteiger partial charge in [-0.2, -0.15) is 11.8 Å². The fraction of sp³-hybridized carbons (Fsp3) is 0.429. The van der Waals surface area contributed by atoms with Crippen molar-refractivity contribution in [1.29, 1.82) is 0 Å². The van der Waals surface area contributed by atoms with E-state index >= 15 is 0 Å². The number of hydrogen-bond donors (Lipinski definition) is 2. The van der Waals surface area contributed by atoms with Crippen LogP contribution in [0, 0.1) is 5.92 Å². The lowest BCUT2D eigenvalue weighted by Gasteiger charge is -2.09. The lowest BCUT2D eigenvalue weighted by Crippen LogP contribution is -2.27. The predicted octanol–water partition coefficient (Wildman–Crippen LogP) is 2.37. The zero-order chi connectivity index (χ0) is 14.3. The van der Waals surface area contributed by atoms with Gasteiger partial charge >= 0.3 is 0 Å². The van der Waals surface area contributed by atoms with E-state index < -0.39 is 0 Å². The highest BCUT2D eigenvalue weighted by molar-refractivity contribution is 7.99. The lowest BCUT2D eigenvalue weighted by molar-refractivity contribution is -0.113. The first-order valence-corrected chi connectivity index (χ1v) is 7.59. The molecule has 1 aromatic carbocycles. The maximum absolute atomic E-state index is 11.9. The van der Waals surface area contributed by atoms with Crippen LogP contribution in [0.5, 0.6) is 0 Å². The van der Waals surface area contributed by atoms with E-state index in [2.05, 4.69) is 10.6 Å². The number of carbonyl (C=O) groups excluding carboxylic acids is 2. The van der Waals surface area contributed by atoms with E-state index in [-0.39, 0.29) is 11.8 Å². The van der Waals surface area contributed by atoms with Gasteiger partial charge in [0, 0.05) is 17.8 Å². The van der Waals surface area contributed by atoms with Crippen molar-refractivity contribution < 1.29 is 9.59 Å². The average Bonchev–Trinajstić information content (AvgIpc) is 2.36. The Morgan fingerprint density at radius 2 is 2.05 bits per heavy atom. The van der Waals surface area contributed by atoms with Gasteiger partial charge in [-0.1, -0.05) is 19.9 Å². The molecule has 0 atom stereocenters. The van der Waals surface area contributed by atoms with Gasteiger partial charge < -0.3 is 10.6 Å². The predicted molar refractivity (Wildman–Crippen MR) is 80.6 cm³/mol. The first-order chi connectivity index (χ1) is 9.02.